The molecule has 0 unspecified atom stereocenters. The molecule has 0 bridgehead atoms. The van der Waals surface area contributed by atoms with E-state index in [1.807, 2.05) is 0 Å². The summed E-state index contributed by atoms with van der Waals surface area (Å²) in [6.07, 6.45) is 4.29. The fraction of sp³-hybridized carbons (Fsp3) is 0.143. The zero-order valence-electron chi connectivity index (χ0n) is 5.86. The van der Waals surface area contributed by atoms with Gasteiger partial charge in [0.25, 0.3) is 0 Å². The number of hydrogen-bond donors (Lipinski definition) is 0. The number of hydrogen-bond acceptors (Lipinski definition) is 2. The van der Waals surface area contributed by atoms with Gasteiger partial charge in [-0.2, -0.15) is 4.58 Å². The smallest absolute Gasteiger partial charge is 0.255 e. The van der Waals surface area contributed by atoms with Crippen molar-refractivity contribution in [2.75, 3.05) is 6.54 Å². The van der Waals surface area contributed by atoms with Gasteiger partial charge in [-0.15, -0.1) is 0 Å². The predicted molar refractivity (Wildman–Crippen MR) is 39.9 cm³/mol. The van der Waals surface area contributed by atoms with Crippen LogP contribution < -0.4 is 0 Å². The van der Waals surface area contributed by atoms with E-state index in [4.69, 9.17) is 0 Å². The maximum atomic E-state index is 10.9. The first-order valence-corrected chi connectivity index (χ1v) is 3.09. The normalized spacial score (nSPS) is 16.5. The SMILES string of the molecule is C=CC[N+]1=CC=NC(=O)C1=O. The molecular formula is C7H7N2O2+. The number of aliphatic imine (C=N–C) groups is 1. The molecule has 1 rings (SSSR count). The van der Waals surface area contributed by atoms with Crippen LogP contribution in [0.1, 0.15) is 0 Å². The minimum atomic E-state index is -0.727. The van der Waals surface area contributed by atoms with E-state index in [9.17, 15) is 9.59 Å². The van der Waals surface area contributed by atoms with Crippen LogP contribution >= 0.6 is 0 Å². The molecule has 0 aliphatic carbocycles. The van der Waals surface area contributed by atoms with Crippen molar-refractivity contribution in [2.45, 2.75) is 0 Å². The van der Waals surface area contributed by atoms with Gasteiger partial charge in [-0.3, -0.25) is 4.79 Å². The predicted octanol–water partition coefficient (Wildman–Crippen LogP) is -0.607. The van der Waals surface area contributed by atoms with Crippen molar-refractivity contribution in [3.05, 3.63) is 12.7 Å². The molecule has 0 fully saturated rings. The first-order valence-electron chi connectivity index (χ1n) is 3.09. The van der Waals surface area contributed by atoms with Gasteiger partial charge in [0, 0.05) is 0 Å². The summed E-state index contributed by atoms with van der Waals surface area (Å²) in [5.41, 5.74) is 0. The Balaban J connectivity index is 2.86. The largest absolute Gasteiger partial charge is 0.479 e. The summed E-state index contributed by atoms with van der Waals surface area (Å²) in [7, 11) is 0. The van der Waals surface area contributed by atoms with Crippen molar-refractivity contribution in [3.63, 3.8) is 0 Å². The van der Waals surface area contributed by atoms with Gasteiger partial charge in [0.05, 0.1) is 6.21 Å². The van der Waals surface area contributed by atoms with Crippen LogP contribution in [-0.2, 0) is 9.59 Å². The minimum absolute atomic E-state index is 0.344. The van der Waals surface area contributed by atoms with Crippen molar-refractivity contribution < 1.29 is 14.2 Å². The molecule has 11 heavy (non-hydrogen) atoms. The monoisotopic (exact) mass is 151 g/mol. The summed E-state index contributed by atoms with van der Waals surface area (Å²) in [5.74, 6) is -1.33. The Morgan fingerprint density at radius 1 is 1.64 bits per heavy atom. The number of carbonyl (C=O) groups is 2. The fourth-order valence-electron chi connectivity index (χ4n) is 0.710. The molecule has 2 amide bonds. The maximum absolute atomic E-state index is 10.9. The van der Waals surface area contributed by atoms with Crippen LogP contribution in [0.25, 0.3) is 0 Å². The summed E-state index contributed by atoms with van der Waals surface area (Å²) in [5, 5.41) is 0. The van der Waals surface area contributed by atoms with E-state index in [1.54, 1.807) is 6.08 Å². The van der Waals surface area contributed by atoms with Crippen LogP contribution in [0.5, 0.6) is 0 Å². The first-order chi connectivity index (χ1) is 5.25. The molecule has 4 nitrogen and oxygen atoms in total. The van der Waals surface area contributed by atoms with Crippen LogP contribution in [0.15, 0.2) is 17.6 Å². The highest BCUT2D eigenvalue weighted by Gasteiger charge is 2.27. The summed E-state index contributed by atoms with van der Waals surface area (Å²) in [4.78, 5) is 24.8. The lowest BCUT2D eigenvalue weighted by Crippen LogP contribution is -2.32. The van der Waals surface area contributed by atoms with E-state index in [1.165, 1.54) is 17.0 Å². The van der Waals surface area contributed by atoms with Crippen LogP contribution in [0, 0.1) is 0 Å². The lowest BCUT2D eigenvalue weighted by Gasteiger charge is -1.95. The molecule has 1 aliphatic heterocycles. The van der Waals surface area contributed by atoms with Crippen molar-refractivity contribution in [1.29, 1.82) is 0 Å². The molecule has 0 radical (unpaired) electrons. The second-order valence-electron chi connectivity index (χ2n) is 1.98. The highest BCUT2D eigenvalue weighted by Crippen LogP contribution is 1.87. The molecule has 0 aromatic heterocycles. The molecule has 0 N–H and O–H groups in total. The molecule has 1 heterocycles. The maximum Gasteiger partial charge on any atom is 0.479 e. The van der Waals surface area contributed by atoms with Gasteiger partial charge in [0.1, 0.15) is 0 Å². The molecule has 0 saturated heterocycles. The van der Waals surface area contributed by atoms with Gasteiger partial charge >= 0.3 is 11.8 Å². The summed E-state index contributed by atoms with van der Waals surface area (Å²) >= 11 is 0. The topological polar surface area (TPSA) is 49.5 Å². The van der Waals surface area contributed by atoms with E-state index in [0.29, 0.717) is 6.54 Å². The quantitative estimate of drug-likeness (QED) is 0.300. The second kappa shape index (κ2) is 3.01. The molecule has 0 aromatic carbocycles. The fourth-order valence-corrected chi connectivity index (χ4v) is 0.710. The summed E-state index contributed by atoms with van der Waals surface area (Å²) < 4.78 is 1.25. The zero-order valence-corrected chi connectivity index (χ0v) is 5.86. The second-order valence-corrected chi connectivity index (χ2v) is 1.98. The highest BCUT2D eigenvalue weighted by molar-refractivity contribution is 6.39. The third-order valence-corrected chi connectivity index (χ3v) is 1.21. The van der Waals surface area contributed by atoms with E-state index >= 15 is 0 Å². The molecule has 1 aliphatic rings. The highest BCUT2D eigenvalue weighted by atomic mass is 16.2. The van der Waals surface area contributed by atoms with Gasteiger partial charge in [-0.25, -0.2) is 9.79 Å². The van der Waals surface area contributed by atoms with Crippen molar-refractivity contribution in [2.24, 2.45) is 4.99 Å². The Morgan fingerprint density at radius 3 is 3.00 bits per heavy atom. The van der Waals surface area contributed by atoms with Crippen LogP contribution in [0.4, 0.5) is 0 Å². The van der Waals surface area contributed by atoms with Gasteiger partial charge in [-0.1, -0.05) is 6.58 Å². The Bertz CT molecular complexity index is 276. The third kappa shape index (κ3) is 1.46. The summed E-state index contributed by atoms with van der Waals surface area (Å²) in [6, 6.07) is 0. The average Bonchev–Trinajstić information content (AvgIpc) is 1.99. The number of amides is 2. The Morgan fingerprint density at radius 2 is 2.36 bits per heavy atom. The van der Waals surface area contributed by atoms with Gasteiger partial charge in [0.2, 0.25) is 0 Å². The number of rotatable bonds is 2. The van der Waals surface area contributed by atoms with Crippen molar-refractivity contribution >= 4 is 24.2 Å². The standard InChI is InChI=1S/C7H7N2O2/c1-2-4-9-5-3-8-6(10)7(9)11/h2-3,5H,1,4H2/q+1. The Hall–Kier alpha value is -1.58. The van der Waals surface area contributed by atoms with Gasteiger partial charge in [0.15, 0.2) is 12.8 Å². The lowest BCUT2D eigenvalue weighted by molar-refractivity contribution is -0.427. The molecule has 0 aromatic rings. The first kappa shape index (κ1) is 7.53. The van der Waals surface area contributed by atoms with Crippen LogP contribution in [-0.4, -0.2) is 35.4 Å². The molecule has 0 spiro atoms. The summed E-state index contributed by atoms with van der Waals surface area (Å²) in [6.45, 7) is 3.79. The minimum Gasteiger partial charge on any atom is -0.255 e. The number of carbonyl (C=O) groups excluding carboxylic acids is 2. The van der Waals surface area contributed by atoms with Gasteiger partial charge < -0.3 is 0 Å². The van der Waals surface area contributed by atoms with E-state index in [2.05, 4.69) is 11.6 Å². The molecular weight excluding hydrogens is 144 g/mol. The van der Waals surface area contributed by atoms with E-state index in [0.717, 1.165) is 0 Å². The van der Waals surface area contributed by atoms with Crippen LogP contribution in [0.3, 0.4) is 0 Å². The molecule has 0 saturated carbocycles. The average molecular weight is 151 g/mol. The van der Waals surface area contributed by atoms with E-state index in [-0.39, 0.29) is 0 Å². The third-order valence-electron chi connectivity index (χ3n) is 1.21. The molecule has 0 atom stereocenters. The van der Waals surface area contributed by atoms with Crippen molar-refractivity contribution in [3.8, 4) is 0 Å². The Kier molecular flexibility index (Phi) is 2.06. The Labute approximate surface area is 63.6 Å². The zero-order chi connectivity index (χ0) is 8.27. The van der Waals surface area contributed by atoms with Crippen LogP contribution in [0.2, 0.25) is 0 Å². The van der Waals surface area contributed by atoms with Crippen molar-refractivity contribution in [1.82, 2.24) is 0 Å². The lowest BCUT2D eigenvalue weighted by atomic mass is 10.4. The molecule has 4 heteroatoms. The number of nitrogens with zero attached hydrogens (tertiary/aromatic N) is 2. The molecule has 56 valence electrons. The van der Waals surface area contributed by atoms with E-state index < -0.39 is 11.8 Å². The van der Waals surface area contributed by atoms with Gasteiger partial charge in [-0.05, 0) is 6.08 Å².